The summed E-state index contributed by atoms with van der Waals surface area (Å²) in [6.07, 6.45) is 64.3. The summed E-state index contributed by atoms with van der Waals surface area (Å²) in [5.41, 5.74) is 0. The highest BCUT2D eigenvalue weighted by Crippen LogP contribution is 2.14. The van der Waals surface area contributed by atoms with Gasteiger partial charge in [0.25, 0.3) is 0 Å². The number of hydrogen-bond acceptors (Lipinski definition) is 6. The van der Waals surface area contributed by atoms with Gasteiger partial charge in [-0.1, -0.05) is 215 Å². The summed E-state index contributed by atoms with van der Waals surface area (Å²) in [5, 5.41) is 0. The number of hydrogen-bond donors (Lipinski definition) is 0. The molecule has 1 unspecified atom stereocenters. The van der Waals surface area contributed by atoms with E-state index in [1.54, 1.807) is 0 Å². The van der Waals surface area contributed by atoms with Crippen molar-refractivity contribution >= 4 is 17.9 Å². The minimum Gasteiger partial charge on any atom is -0.462 e. The topological polar surface area (TPSA) is 78.9 Å². The minimum atomic E-state index is -0.810. The molecule has 1 atom stereocenters. The van der Waals surface area contributed by atoms with Gasteiger partial charge in [-0.25, -0.2) is 0 Å². The van der Waals surface area contributed by atoms with Gasteiger partial charge in [-0.3, -0.25) is 14.4 Å². The van der Waals surface area contributed by atoms with E-state index < -0.39 is 6.10 Å². The SMILES string of the molecule is CC\C=C/C=C\C=C/C=C\C=C/CCCC(=O)OCC(COC(=O)CCCCCCC/C=C\CCCCCCCCC)OC(=O)CCCCCCCCC/C=C\CCCCCC. The lowest BCUT2D eigenvalue weighted by Gasteiger charge is -2.18. The van der Waals surface area contributed by atoms with E-state index in [0.29, 0.717) is 19.3 Å². The number of allylic oxidation sites excluding steroid dienone is 14. The summed E-state index contributed by atoms with van der Waals surface area (Å²) in [4.78, 5) is 37.9. The first kappa shape index (κ1) is 58.6. The Morgan fingerprint density at radius 2 is 0.661 bits per heavy atom. The first-order chi connectivity index (χ1) is 30.5. The highest BCUT2D eigenvalue weighted by Gasteiger charge is 2.19. The van der Waals surface area contributed by atoms with Crippen LogP contribution in [0.15, 0.2) is 85.1 Å². The van der Waals surface area contributed by atoms with Gasteiger partial charge in [-0.2, -0.15) is 0 Å². The van der Waals surface area contributed by atoms with Crippen LogP contribution in [-0.2, 0) is 28.6 Å². The van der Waals surface area contributed by atoms with E-state index in [0.717, 1.165) is 64.2 Å². The lowest BCUT2D eigenvalue weighted by atomic mass is 10.1. The normalized spacial score (nSPS) is 12.8. The molecule has 354 valence electrons. The van der Waals surface area contributed by atoms with Crippen LogP contribution in [0.1, 0.15) is 233 Å². The van der Waals surface area contributed by atoms with Crippen molar-refractivity contribution in [2.75, 3.05) is 13.2 Å². The smallest absolute Gasteiger partial charge is 0.306 e. The molecule has 0 bridgehead atoms. The Kier molecular flexibility index (Phi) is 47.5. The van der Waals surface area contributed by atoms with Gasteiger partial charge >= 0.3 is 17.9 Å². The molecule has 0 aliphatic carbocycles. The van der Waals surface area contributed by atoms with Crippen LogP contribution in [0.4, 0.5) is 0 Å². The zero-order chi connectivity index (χ0) is 45.1. The van der Waals surface area contributed by atoms with Gasteiger partial charge in [0.05, 0.1) is 0 Å². The molecule has 0 spiro atoms. The third-order valence-electron chi connectivity index (χ3n) is 10.7. The molecule has 0 amide bonds. The summed E-state index contributed by atoms with van der Waals surface area (Å²) in [6, 6.07) is 0. The molecule has 0 radical (unpaired) electrons. The second-order valence-corrected chi connectivity index (χ2v) is 16.8. The van der Waals surface area contributed by atoms with Crippen molar-refractivity contribution in [3.8, 4) is 0 Å². The van der Waals surface area contributed by atoms with Crippen LogP contribution in [0, 0.1) is 0 Å². The van der Waals surface area contributed by atoms with E-state index in [1.165, 1.54) is 122 Å². The lowest BCUT2D eigenvalue weighted by molar-refractivity contribution is -0.167. The Balaban J connectivity index is 4.49. The molecule has 0 rings (SSSR count). The minimum absolute atomic E-state index is 0.105. The molecule has 62 heavy (non-hydrogen) atoms. The molecule has 0 saturated heterocycles. The molecule has 0 aromatic carbocycles. The van der Waals surface area contributed by atoms with Crippen molar-refractivity contribution in [3.63, 3.8) is 0 Å². The second-order valence-electron chi connectivity index (χ2n) is 16.8. The third-order valence-corrected chi connectivity index (χ3v) is 10.7. The number of unbranched alkanes of at least 4 members (excludes halogenated alkanes) is 24. The highest BCUT2D eigenvalue weighted by atomic mass is 16.6. The van der Waals surface area contributed by atoms with Gasteiger partial charge in [0.1, 0.15) is 13.2 Å². The van der Waals surface area contributed by atoms with Gasteiger partial charge in [-0.05, 0) is 83.5 Å². The summed E-state index contributed by atoms with van der Waals surface area (Å²) in [7, 11) is 0. The van der Waals surface area contributed by atoms with Crippen LogP contribution in [0.5, 0.6) is 0 Å². The first-order valence-electron chi connectivity index (χ1n) is 25.7. The van der Waals surface area contributed by atoms with Gasteiger partial charge in [0.15, 0.2) is 6.10 Å². The number of rotatable bonds is 45. The molecule has 0 aliphatic heterocycles. The van der Waals surface area contributed by atoms with E-state index in [4.69, 9.17) is 14.2 Å². The molecule has 0 fully saturated rings. The van der Waals surface area contributed by atoms with E-state index in [-0.39, 0.29) is 37.5 Å². The monoisotopic (exact) mass is 863 g/mol. The highest BCUT2D eigenvalue weighted by molar-refractivity contribution is 5.71. The predicted molar refractivity (Wildman–Crippen MR) is 265 cm³/mol. The standard InChI is InChI=1S/C56H94O6/c1-4-7-10-13-16-19-22-25-27-29-31-34-37-40-43-46-49-55(58)61-52-53(51-60-54(57)48-45-42-39-36-33-30-24-21-18-15-12-9-6-3)62-56(59)50-47-44-41-38-35-32-28-26-23-20-17-14-11-8-5-2/h9,12,15,18,20-21,23-24,27,29-30,33,36,39,53H,4-8,10-11,13-14,16-17,19,22,25-26,28,31-32,34-35,37-38,40-52H2,1-3H3/b12-9-,18-15-,23-20-,24-21-,29-27-,33-30-,39-36-. The fraction of sp³-hybridized carbons (Fsp3) is 0.696. The zero-order valence-corrected chi connectivity index (χ0v) is 40.4. The Bertz CT molecular complexity index is 1220. The van der Waals surface area contributed by atoms with Gasteiger partial charge < -0.3 is 14.2 Å². The maximum absolute atomic E-state index is 12.8. The number of esters is 3. The van der Waals surface area contributed by atoms with Crippen molar-refractivity contribution < 1.29 is 28.6 Å². The van der Waals surface area contributed by atoms with Crippen LogP contribution >= 0.6 is 0 Å². The van der Waals surface area contributed by atoms with E-state index in [2.05, 4.69) is 51.2 Å². The van der Waals surface area contributed by atoms with E-state index in [9.17, 15) is 14.4 Å². The fourth-order valence-corrected chi connectivity index (χ4v) is 6.87. The largest absolute Gasteiger partial charge is 0.462 e. The van der Waals surface area contributed by atoms with E-state index >= 15 is 0 Å². The van der Waals surface area contributed by atoms with Crippen LogP contribution in [0.25, 0.3) is 0 Å². The molecule has 0 aromatic heterocycles. The molecular weight excluding hydrogens is 769 g/mol. The van der Waals surface area contributed by atoms with Gasteiger partial charge in [0, 0.05) is 19.3 Å². The average Bonchev–Trinajstić information content (AvgIpc) is 3.27. The summed E-state index contributed by atoms with van der Waals surface area (Å²) in [6.45, 7) is 6.40. The summed E-state index contributed by atoms with van der Waals surface area (Å²) in [5.74, 6) is -0.995. The van der Waals surface area contributed by atoms with Crippen molar-refractivity contribution in [2.24, 2.45) is 0 Å². The Labute approximate surface area is 382 Å². The molecule has 6 heteroatoms. The average molecular weight is 863 g/mol. The Hall–Kier alpha value is -3.41. The molecule has 0 aliphatic rings. The Morgan fingerprint density at radius 1 is 0.339 bits per heavy atom. The summed E-state index contributed by atoms with van der Waals surface area (Å²) >= 11 is 0. The third kappa shape index (κ3) is 47.6. The summed E-state index contributed by atoms with van der Waals surface area (Å²) < 4.78 is 16.7. The number of carbonyl (C=O) groups excluding carboxylic acids is 3. The maximum atomic E-state index is 12.8. The molecular formula is C56H94O6. The predicted octanol–water partition coefficient (Wildman–Crippen LogP) is 16.8. The van der Waals surface area contributed by atoms with Crippen LogP contribution in [-0.4, -0.2) is 37.2 Å². The molecule has 0 heterocycles. The van der Waals surface area contributed by atoms with E-state index in [1.807, 2.05) is 54.7 Å². The second kappa shape index (κ2) is 50.2. The van der Waals surface area contributed by atoms with Crippen molar-refractivity contribution in [2.45, 2.75) is 239 Å². The molecule has 0 N–H and O–H groups in total. The molecule has 6 nitrogen and oxygen atoms in total. The van der Waals surface area contributed by atoms with Crippen LogP contribution < -0.4 is 0 Å². The maximum Gasteiger partial charge on any atom is 0.306 e. The van der Waals surface area contributed by atoms with Crippen molar-refractivity contribution in [1.82, 2.24) is 0 Å². The zero-order valence-electron chi connectivity index (χ0n) is 40.4. The first-order valence-corrected chi connectivity index (χ1v) is 25.7. The van der Waals surface area contributed by atoms with Crippen LogP contribution in [0.2, 0.25) is 0 Å². The number of carbonyl (C=O) groups is 3. The Morgan fingerprint density at radius 3 is 1.10 bits per heavy atom. The van der Waals surface area contributed by atoms with Gasteiger partial charge in [-0.15, -0.1) is 0 Å². The number of ether oxygens (including phenoxy) is 3. The fourth-order valence-electron chi connectivity index (χ4n) is 6.87. The molecule has 0 saturated carbocycles. The van der Waals surface area contributed by atoms with Crippen molar-refractivity contribution in [1.29, 1.82) is 0 Å². The lowest BCUT2D eigenvalue weighted by Crippen LogP contribution is -2.30. The molecule has 0 aromatic rings. The van der Waals surface area contributed by atoms with Crippen molar-refractivity contribution in [3.05, 3.63) is 85.1 Å². The van der Waals surface area contributed by atoms with Crippen LogP contribution in [0.3, 0.4) is 0 Å². The van der Waals surface area contributed by atoms with Gasteiger partial charge in [0.2, 0.25) is 0 Å². The quantitative estimate of drug-likeness (QED) is 0.0199.